The molecule has 0 aliphatic rings. The number of carbonyl (C=O) groups excluding carboxylic acids is 1. The lowest BCUT2D eigenvalue weighted by atomic mass is 10.2. The molecule has 1 amide bonds. The summed E-state index contributed by atoms with van der Waals surface area (Å²) in [7, 11) is 0. The number of nitrogens with zero attached hydrogens (tertiary/aromatic N) is 4. The van der Waals surface area contributed by atoms with Crippen LogP contribution in [0.1, 0.15) is 21.7 Å². The van der Waals surface area contributed by atoms with Crippen molar-refractivity contribution < 1.29 is 9.53 Å². The van der Waals surface area contributed by atoms with E-state index in [4.69, 9.17) is 51.1 Å². The maximum absolute atomic E-state index is 12.6. The van der Waals surface area contributed by atoms with Gasteiger partial charge in [-0.2, -0.15) is 10.2 Å². The summed E-state index contributed by atoms with van der Waals surface area (Å²) in [4.78, 5) is 12.6. The molecule has 0 saturated heterocycles. The van der Waals surface area contributed by atoms with E-state index in [0.29, 0.717) is 38.2 Å². The summed E-state index contributed by atoms with van der Waals surface area (Å²) < 4.78 is 8.87. The van der Waals surface area contributed by atoms with Crippen LogP contribution >= 0.6 is 46.4 Å². The molecule has 0 aliphatic carbocycles. The zero-order valence-corrected chi connectivity index (χ0v) is 20.3. The van der Waals surface area contributed by atoms with Crippen molar-refractivity contribution in [3.05, 3.63) is 91.8 Å². The van der Waals surface area contributed by atoms with Crippen molar-refractivity contribution in [2.24, 2.45) is 0 Å². The lowest BCUT2D eigenvalue weighted by Gasteiger charge is -2.08. The standard InChI is InChI=1S/C22H17Cl4N5O2/c1-13-8-21(29-31(13)11-14-2-4-16(24)17(25)9-14)27-22(32)19-6-7-30(28-19)12-33-20-5-3-15(23)10-18(20)26/h2-10H,11-12H2,1H3,(H,27,29,32). The number of ether oxygens (including phenoxy) is 1. The molecule has 7 nitrogen and oxygen atoms in total. The fraction of sp³-hybridized carbons (Fsp3) is 0.136. The molecule has 170 valence electrons. The van der Waals surface area contributed by atoms with Gasteiger partial charge in [-0.15, -0.1) is 0 Å². The van der Waals surface area contributed by atoms with E-state index in [9.17, 15) is 4.79 Å². The van der Waals surface area contributed by atoms with Crippen LogP contribution in [0.15, 0.2) is 54.7 Å². The molecule has 4 aromatic rings. The van der Waals surface area contributed by atoms with Crippen molar-refractivity contribution >= 4 is 58.1 Å². The molecule has 0 atom stereocenters. The monoisotopic (exact) mass is 523 g/mol. The van der Waals surface area contributed by atoms with Gasteiger partial charge in [0.2, 0.25) is 0 Å². The van der Waals surface area contributed by atoms with Crippen molar-refractivity contribution in [1.82, 2.24) is 19.6 Å². The van der Waals surface area contributed by atoms with Crippen LogP contribution in [-0.4, -0.2) is 25.5 Å². The summed E-state index contributed by atoms with van der Waals surface area (Å²) in [5.41, 5.74) is 2.03. The minimum absolute atomic E-state index is 0.0754. The van der Waals surface area contributed by atoms with E-state index in [0.717, 1.165) is 11.3 Å². The Balaban J connectivity index is 1.38. The first-order valence-electron chi connectivity index (χ1n) is 9.69. The van der Waals surface area contributed by atoms with Crippen molar-refractivity contribution in [3.8, 4) is 5.75 Å². The first-order chi connectivity index (χ1) is 15.8. The number of carbonyl (C=O) groups is 1. The van der Waals surface area contributed by atoms with Gasteiger partial charge in [-0.05, 0) is 48.9 Å². The average Bonchev–Trinajstić information content (AvgIpc) is 3.37. The summed E-state index contributed by atoms with van der Waals surface area (Å²) in [6.45, 7) is 2.46. The Hall–Kier alpha value is -2.71. The number of aryl methyl sites for hydroxylation is 1. The highest BCUT2D eigenvalue weighted by molar-refractivity contribution is 6.42. The van der Waals surface area contributed by atoms with Crippen molar-refractivity contribution in [2.75, 3.05) is 5.32 Å². The molecular formula is C22H17Cl4N5O2. The molecule has 2 heterocycles. The molecule has 11 heteroatoms. The molecule has 0 unspecified atom stereocenters. The van der Waals surface area contributed by atoms with Crippen molar-refractivity contribution in [3.63, 3.8) is 0 Å². The third-order valence-electron chi connectivity index (χ3n) is 4.66. The van der Waals surface area contributed by atoms with Crippen LogP contribution in [0.5, 0.6) is 5.75 Å². The number of hydrogen-bond donors (Lipinski definition) is 1. The Morgan fingerprint density at radius 2 is 1.79 bits per heavy atom. The number of benzene rings is 2. The number of hydrogen-bond acceptors (Lipinski definition) is 4. The molecule has 1 N–H and O–H groups in total. The number of aromatic nitrogens is 4. The predicted molar refractivity (Wildman–Crippen MR) is 130 cm³/mol. The normalized spacial score (nSPS) is 10.9. The van der Waals surface area contributed by atoms with Gasteiger partial charge < -0.3 is 10.1 Å². The van der Waals surface area contributed by atoms with Crippen LogP contribution in [-0.2, 0) is 13.3 Å². The quantitative estimate of drug-likeness (QED) is 0.306. The lowest BCUT2D eigenvalue weighted by molar-refractivity contribution is 0.101. The third kappa shape index (κ3) is 5.81. The van der Waals surface area contributed by atoms with Gasteiger partial charge in [-0.25, -0.2) is 4.68 Å². The number of rotatable bonds is 7. The Kier molecular flexibility index (Phi) is 7.14. The first-order valence-corrected chi connectivity index (χ1v) is 11.2. The van der Waals surface area contributed by atoms with E-state index < -0.39 is 5.91 Å². The second kappa shape index (κ2) is 10.1. The molecule has 4 rings (SSSR count). The molecule has 0 bridgehead atoms. The minimum Gasteiger partial charge on any atom is -0.470 e. The van der Waals surface area contributed by atoms with E-state index in [-0.39, 0.29) is 12.4 Å². The molecule has 0 radical (unpaired) electrons. The Morgan fingerprint density at radius 3 is 2.55 bits per heavy atom. The van der Waals surface area contributed by atoms with E-state index >= 15 is 0 Å². The number of amides is 1. The van der Waals surface area contributed by atoms with Crippen LogP contribution in [0.3, 0.4) is 0 Å². The van der Waals surface area contributed by atoms with Crippen LogP contribution in [0.2, 0.25) is 20.1 Å². The van der Waals surface area contributed by atoms with Gasteiger partial charge in [0.25, 0.3) is 5.91 Å². The molecular weight excluding hydrogens is 508 g/mol. The number of anilines is 1. The van der Waals surface area contributed by atoms with Gasteiger partial charge >= 0.3 is 0 Å². The molecule has 2 aromatic heterocycles. The van der Waals surface area contributed by atoms with Crippen LogP contribution in [0.4, 0.5) is 5.82 Å². The Bertz CT molecular complexity index is 1320. The van der Waals surface area contributed by atoms with Crippen LogP contribution in [0, 0.1) is 6.92 Å². The third-order valence-corrected chi connectivity index (χ3v) is 5.93. The van der Waals surface area contributed by atoms with Crippen LogP contribution in [0.25, 0.3) is 0 Å². The zero-order chi connectivity index (χ0) is 23.5. The maximum atomic E-state index is 12.6. The highest BCUT2D eigenvalue weighted by Crippen LogP contribution is 2.27. The van der Waals surface area contributed by atoms with E-state index in [1.807, 2.05) is 13.0 Å². The fourth-order valence-corrected chi connectivity index (χ4v) is 3.79. The van der Waals surface area contributed by atoms with Gasteiger partial charge in [-0.3, -0.25) is 9.48 Å². The SMILES string of the molecule is Cc1cc(NC(=O)c2ccn(COc3ccc(Cl)cc3Cl)n2)nn1Cc1ccc(Cl)c(Cl)c1. The molecule has 0 fully saturated rings. The van der Waals surface area contributed by atoms with Gasteiger partial charge in [0.05, 0.1) is 21.6 Å². The highest BCUT2D eigenvalue weighted by Gasteiger charge is 2.14. The largest absolute Gasteiger partial charge is 0.470 e. The van der Waals surface area contributed by atoms with Gasteiger partial charge in [0, 0.05) is 23.0 Å². The topological polar surface area (TPSA) is 74.0 Å². The maximum Gasteiger partial charge on any atom is 0.277 e. The number of halogens is 4. The molecule has 2 aromatic carbocycles. The second-order valence-corrected chi connectivity index (χ2v) is 8.78. The Morgan fingerprint density at radius 1 is 0.970 bits per heavy atom. The summed E-state index contributed by atoms with van der Waals surface area (Å²) in [5, 5.41) is 13.3. The number of nitrogens with one attached hydrogen (secondary N) is 1. The summed E-state index contributed by atoms with van der Waals surface area (Å²) >= 11 is 24.0. The average molecular weight is 525 g/mol. The second-order valence-electron chi connectivity index (χ2n) is 7.12. The van der Waals surface area contributed by atoms with Crippen molar-refractivity contribution in [2.45, 2.75) is 20.2 Å². The molecule has 0 spiro atoms. The van der Waals surface area contributed by atoms with Gasteiger partial charge in [0.15, 0.2) is 18.2 Å². The highest BCUT2D eigenvalue weighted by atomic mass is 35.5. The molecule has 33 heavy (non-hydrogen) atoms. The Labute approximate surface area is 209 Å². The van der Waals surface area contributed by atoms with E-state index in [1.54, 1.807) is 53.3 Å². The summed E-state index contributed by atoms with van der Waals surface area (Å²) in [6.07, 6.45) is 1.63. The molecule has 0 saturated carbocycles. The summed E-state index contributed by atoms with van der Waals surface area (Å²) in [6, 6.07) is 13.7. The zero-order valence-electron chi connectivity index (χ0n) is 17.2. The van der Waals surface area contributed by atoms with E-state index in [2.05, 4.69) is 15.5 Å². The fourth-order valence-electron chi connectivity index (χ4n) is 3.01. The lowest BCUT2D eigenvalue weighted by Crippen LogP contribution is -2.15. The van der Waals surface area contributed by atoms with Crippen molar-refractivity contribution in [1.29, 1.82) is 0 Å². The smallest absolute Gasteiger partial charge is 0.277 e. The van der Waals surface area contributed by atoms with E-state index in [1.165, 1.54) is 4.68 Å². The minimum atomic E-state index is -0.391. The first kappa shape index (κ1) is 23.4. The summed E-state index contributed by atoms with van der Waals surface area (Å²) in [5.74, 6) is 0.485. The predicted octanol–water partition coefficient (Wildman–Crippen LogP) is 6.34. The van der Waals surface area contributed by atoms with Crippen LogP contribution < -0.4 is 10.1 Å². The van der Waals surface area contributed by atoms with Gasteiger partial charge in [-0.1, -0.05) is 52.5 Å². The van der Waals surface area contributed by atoms with Gasteiger partial charge in [0.1, 0.15) is 5.75 Å². The molecule has 0 aliphatic heterocycles.